The van der Waals surface area contributed by atoms with Crippen LogP contribution < -0.4 is 11.5 Å². The molecule has 8 heteroatoms. The van der Waals surface area contributed by atoms with E-state index in [9.17, 15) is 9.59 Å². The zero-order chi connectivity index (χ0) is 14.3. The number of nitrogens with zero attached hydrogens (tertiary/aromatic N) is 4. The molecule has 0 radical (unpaired) electrons. The van der Waals surface area contributed by atoms with Crippen LogP contribution in [0.25, 0.3) is 0 Å². The number of urea groups is 2. The average Bonchev–Trinajstić information content (AvgIpc) is 2.20. The molecule has 0 rings (SSSR count). The van der Waals surface area contributed by atoms with Crippen LogP contribution in [0.5, 0.6) is 0 Å². The van der Waals surface area contributed by atoms with Crippen molar-refractivity contribution in [3.8, 4) is 0 Å². The number of carbonyl (C=O) groups excluding carboxylic acids is 2. The van der Waals surface area contributed by atoms with Crippen molar-refractivity contribution >= 4 is 24.5 Å². The van der Waals surface area contributed by atoms with E-state index < -0.39 is 12.1 Å². The Kier molecular flexibility index (Phi) is 6.40. The van der Waals surface area contributed by atoms with Gasteiger partial charge in [0.15, 0.2) is 0 Å². The summed E-state index contributed by atoms with van der Waals surface area (Å²) < 4.78 is 0. The lowest BCUT2D eigenvalue weighted by atomic mass is 10.4. The number of hydrazone groups is 2. The Bertz CT molecular complexity index is 316. The van der Waals surface area contributed by atoms with Crippen molar-refractivity contribution in [2.45, 2.75) is 39.8 Å². The Morgan fingerprint density at radius 1 is 0.889 bits per heavy atom. The molecule has 18 heavy (non-hydrogen) atoms. The van der Waals surface area contributed by atoms with Gasteiger partial charge < -0.3 is 11.5 Å². The molecule has 0 aliphatic rings. The minimum Gasteiger partial charge on any atom is -0.350 e. The van der Waals surface area contributed by atoms with E-state index in [1.54, 1.807) is 27.7 Å². The summed E-state index contributed by atoms with van der Waals surface area (Å²) >= 11 is 0. The van der Waals surface area contributed by atoms with Gasteiger partial charge in [-0.15, -0.1) is 0 Å². The zero-order valence-electron chi connectivity index (χ0n) is 11.1. The van der Waals surface area contributed by atoms with Crippen LogP contribution in [0.4, 0.5) is 9.59 Å². The topological polar surface area (TPSA) is 117 Å². The Hall–Kier alpha value is -2.12. The molecule has 102 valence electrons. The van der Waals surface area contributed by atoms with Crippen molar-refractivity contribution in [1.82, 2.24) is 10.0 Å². The van der Waals surface area contributed by atoms with Gasteiger partial charge in [-0.1, -0.05) is 0 Å². The van der Waals surface area contributed by atoms with Crippen LogP contribution in [0.3, 0.4) is 0 Å². The first-order valence-corrected chi connectivity index (χ1v) is 5.51. The molecule has 0 spiro atoms. The number of primary amides is 2. The third-order valence-electron chi connectivity index (χ3n) is 1.88. The molecule has 0 unspecified atom stereocenters. The number of hydrogen-bond acceptors (Lipinski definition) is 4. The van der Waals surface area contributed by atoms with E-state index in [0.29, 0.717) is 0 Å². The minimum atomic E-state index is -0.662. The summed E-state index contributed by atoms with van der Waals surface area (Å²) in [5.74, 6) is 0. The quantitative estimate of drug-likeness (QED) is 0.551. The molecular formula is C10H20N6O2. The van der Waals surface area contributed by atoms with Gasteiger partial charge in [0, 0.05) is 0 Å². The SMILES string of the molecule is CC(C)N(N=CC=NN(C(N)=O)C(C)C)C(N)=O. The molecule has 4 N–H and O–H groups in total. The van der Waals surface area contributed by atoms with Crippen molar-refractivity contribution in [2.24, 2.45) is 21.7 Å². The first-order chi connectivity index (χ1) is 8.27. The van der Waals surface area contributed by atoms with Crippen LogP contribution in [0.15, 0.2) is 10.2 Å². The molecule has 0 saturated heterocycles. The van der Waals surface area contributed by atoms with E-state index in [1.807, 2.05) is 0 Å². The van der Waals surface area contributed by atoms with E-state index >= 15 is 0 Å². The van der Waals surface area contributed by atoms with E-state index in [2.05, 4.69) is 10.2 Å². The van der Waals surface area contributed by atoms with Crippen LogP contribution in [-0.2, 0) is 0 Å². The van der Waals surface area contributed by atoms with E-state index in [1.165, 1.54) is 12.4 Å². The fraction of sp³-hybridized carbons (Fsp3) is 0.600. The highest BCUT2D eigenvalue weighted by atomic mass is 16.2. The van der Waals surface area contributed by atoms with Crippen LogP contribution in [0, 0.1) is 0 Å². The third kappa shape index (κ3) is 5.28. The number of nitrogens with two attached hydrogens (primary N) is 2. The molecular weight excluding hydrogens is 236 g/mol. The second kappa shape index (κ2) is 7.25. The summed E-state index contributed by atoms with van der Waals surface area (Å²) in [6.07, 6.45) is 2.53. The van der Waals surface area contributed by atoms with Gasteiger partial charge in [0.1, 0.15) is 0 Å². The van der Waals surface area contributed by atoms with Crippen LogP contribution >= 0.6 is 0 Å². The summed E-state index contributed by atoms with van der Waals surface area (Å²) in [7, 11) is 0. The van der Waals surface area contributed by atoms with E-state index in [-0.39, 0.29) is 12.1 Å². The van der Waals surface area contributed by atoms with Crippen molar-refractivity contribution < 1.29 is 9.59 Å². The number of amides is 4. The van der Waals surface area contributed by atoms with Crippen LogP contribution in [-0.4, -0.2) is 46.6 Å². The summed E-state index contributed by atoms with van der Waals surface area (Å²) in [6, 6.07) is -1.65. The van der Waals surface area contributed by atoms with Gasteiger partial charge in [0.25, 0.3) is 0 Å². The maximum absolute atomic E-state index is 11.0. The Labute approximate surface area is 106 Å². The van der Waals surface area contributed by atoms with Gasteiger partial charge in [0.2, 0.25) is 0 Å². The number of carbonyl (C=O) groups is 2. The fourth-order valence-corrected chi connectivity index (χ4v) is 1.09. The smallest absolute Gasteiger partial charge is 0.335 e. The monoisotopic (exact) mass is 256 g/mol. The van der Waals surface area contributed by atoms with Gasteiger partial charge in [-0.2, -0.15) is 10.2 Å². The highest BCUT2D eigenvalue weighted by Gasteiger charge is 2.12. The second-order valence-electron chi connectivity index (χ2n) is 4.08. The normalized spacial score (nSPS) is 11.7. The highest BCUT2D eigenvalue weighted by molar-refractivity contribution is 6.16. The average molecular weight is 256 g/mol. The molecule has 0 aromatic carbocycles. The van der Waals surface area contributed by atoms with Gasteiger partial charge in [-0.25, -0.2) is 19.6 Å². The van der Waals surface area contributed by atoms with Crippen molar-refractivity contribution in [3.63, 3.8) is 0 Å². The molecule has 0 aliphatic heterocycles. The zero-order valence-corrected chi connectivity index (χ0v) is 11.1. The summed E-state index contributed by atoms with van der Waals surface area (Å²) in [4.78, 5) is 22.0. The molecule has 0 aromatic rings. The summed E-state index contributed by atoms with van der Waals surface area (Å²) in [5.41, 5.74) is 10.2. The lowest BCUT2D eigenvalue weighted by Gasteiger charge is -2.18. The Morgan fingerprint density at radius 3 is 1.33 bits per heavy atom. The van der Waals surface area contributed by atoms with Crippen LogP contribution in [0.1, 0.15) is 27.7 Å². The first kappa shape index (κ1) is 15.9. The van der Waals surface area contributed by atoms with E-state index in [4.69, 9.17) is 11.5 Å². The van der Waals surface area contributed by atoms with Crippen molar-refractivity contribution in [2.75, 3.05) is 0 Å². The first-order valence-electron chi connectivity index (χ1n) is 5.51. The molecule has 0 atom stereocenters. The predicted molar refractivity (Wildman–Crippen MR) is 70.1 cm³/mol. The molecule has 8 nitrogen and oxygen atoms in total. The molecule has 0 saturated carbocycles. The maximum atomic E-state index is 11.0. The lowest BCUT2D eigenvalue weighted by molar-refractivity contribution is 0.195. The van der Waals surface area contributed by atoms with Gasteiger partial charge >= 0.3 is 12.1 Å². The third-order valence-corrected chi connectivity index (χ3v) is 1.88. The highest BCUT2D eigenvalue weighted by Crippen LogP contribution is 1.98. The van der Waals surface area contributed by atoms with Crippen molar-refractivity contribution in [3.05, 3.63) is 0 Å². The van der Waals surface area contributed by atoms with E-state index in [0.717, 1.165) is 10.0 Å². The fourth-order valence-electron chi connectivity index (χ4n) is 1.09. The lowest BCUT2D eigenvalue weighted by Crippen LogP contribution is -2.37. The standard InChI is InChI=1S/C10H20N6O2/c1-7(2)15(9(11)17)13-5-6-14-16(8(3)4)10(12)18/h5-8H,1-4H3,(H2,11,17)(H2,12,18). The van der Waals surface area contributed by atoms with Gasteiger partial charge in [-0.3, -0.25) is 0 Å². The molecule has 0 heterocycles. The Balaban J connectivity index is 4.62. The number of hydrogen-bond donors (Lipinski definition) is 2. The minimum absolute atomic E-state index is 0.163. The molecule has 0 fully saturated rings. The summed E-state index contributed by atoms with van der Waals surface area (Å²) in [6.45, 7) is 7.07. The molecule has 4 amide bonds. The maximum Gasteiger partial charge on any atom is 0.335 e. The van der Waals surface area contributed by atoms with Gasteiger partial charge in [0.05, 0.1) is 24.5 Å². The molecule has 0 bridgehead atoms. The largest absolute Gasteiger partial charge is 0.350 e. The summed E-state index contributed by atoms with van der Waals surface area (Å²) in [5, 5.41) is 9.82. The molecule has 0 aliphatic carbocycles. The van der Waals surface area contributed by atoms with Gasteiger partial charge in [-0.05, 0) is 27.7 Å². The Morgan fingerprint density at radius 2 is 1.17 bits per heavy atom. The van der Waals surface area contributed by atoms with Crippen molar-refractivity contribution in [1.29, 1.82) is 0 Å². The number of rotatable bonds is 5. The molecule has 0 aromatic heterocycles. The second-order valence-corrected chi connectivity index (χ2v) is 4.08. The predicted octanol–water partition coefficient (Wildman–Crippen LogP) is 0.536. The van der Waals surface area contributed by atoms with Crippen LogP contribution in [0.2, 0.25) is 0 Å².